The lowest BCUT2D eigenvalue weighted by Crippen LogP contribution is -2.33. The van der Waals surface area contributed by atoms with E-state index in [0.29, 0.717) is 12.8 Å². The van der Waals surface area contributed by atoms with Crippen molar-refractivity contribution in [1.82, 2.24) is 12.3 Å². The van der Waals surface area contributed by atoms with Crippen LogP contribution in [0.2, 0.25) is 0 Å². The van der Waals surface area contributed by atoms with Gasteiger partial charge in [-0.25, -0.2) is 0 Å². The predicted molar refractivity (Wildman–Crippen MR) is 201 cm³/mol. The van der Waals surface area contributed by atoms with Crippen LogP contribution in [0.15, 0.2) is 0 Å². The Morgan fingerprint density at radius 3 is 0.739 bits per heavy atom. The summed E-state index contributed by atoms with van der Waals surface area (Å²) in [7, 11) is 0. The van der Waals surface area contributed by atoms with Crippen LogP contribution in [0.3, 0.4) is 0 Å². The number of carboxylic acid groups (broad SMARTS) is 2. The van der Waals surface area contributed by atoms with E-state index in [1.807, 2.05) is 0 Å². The summed E-state index contributed by atoms with van der Waals surface area (Å²) in [5, 5.41) is 19.6. The molecule has 0 heterocycles. The first-order valence-corrected chi connectivity index (χ1v) is 19.9. The van der Waals surface area contributed by atoms with Gasteiger partial charge in [0.15, 0.2) is 0 Å². The van der Waals surface area contributed by atoms with E-state index in [0.717, 1.165) is 38.5 Å². The highest BCUT2D eigenvalue weighted by Crippen LogP contribution is 2.36. The van der Waals surface area contributed by atoms with E-state index in [9.17, 15) is 19.8 Å². The first-order chi connectivity index (χ1) is 21.5. The Morgan fingerprint density at radius 2 is 0.565 bits per heavy atom. The van der Waals surface area contributed by atoms with E-state index in [-0.39, 0.29) is 18.7 Å². The lowest BCUT2D eigenvalue weighted by molar-refractivity contribution is -0.157. The molecule has 6 nitrogen and oxygen atoms in total. The van der Waals surface area contributed by atoms with Gasteiger partial charge >= 0.3 is 11.9 Å². The molecule has 46 heavy (non-hydrogen) atoms. The highest BCUT2D eigenvalue weighted by atomic mass is 16.4. The van der Waals surface area contributed by atoms with Crippen LogP contribution < -0.4 is 12.3 Å². The van der Waals surface area contributed by atoms with Gasteiger partial charge in [0, 0.05) is 0 Å². The summed E-state index contributed by atoms with van der Waals surface area (Å²) in [5.41, 5.74) is -1.09. The highest BCUT2D eigenvalue weighted by molar-refractivity contribution is 5.81. The Balaban J connectivity index is -0.00000924. The van der Waals surface area contributed by atoms with Crippen LogP contribution in [-0.4, -0.2) is 22.2 Å². The van der Waals surface area contributed by atoms with Gasteiger partial charge in [-0.3, -0.25) is 9.59 Å². The first-order valence-electron chi connectivity index (χ1n) is 19.9. The quantitative estimate of drug-likeness (QED) is 0.0489. The molecule has 0 bridgehead atoms. The molecule has 0 rings (SSSR count). The third-order valence-corrected chi connectivity index (χ3v) is 9.96. The van der Waals surface area contributed by atoms with E-state index in [1.165, 1.54) is 167 Å². The van der Waals surface area contributed by atoms with Crippen LogP contribution in [0.1, 0.15) is 239 Å². The van der Waals surface area contributed by atoms with Crippen molar-refractivity contribution < 1.29 is 19.8 Å². The molecule has 0 aliphatic carbocycles. The maximum Gasteiger partial charge on any atom is 0.310 e. The second kappa shape index (κ2) is 38.3. The molecule has 0 aromatic heterocycles. The van der Waals surface area contributed by atoms with Crippen molar-refractivity contribution >= 4 is 11.9 Å². The molecule has 0 aliphatic heterocycles. The fourth-order valence-corrected chi connectivity index (χ4v) is 6.90. The summed E-state index contributed by atoms with van der Waals surface area (Å²) >= 11 is 0. The molecule has 0 amide bonds. The normalized spacial score (nSPS) is 11.3. The molecule has 0 fully saturated rings. The maximum atomic E-state index is 12.3. The summed E-state index contributed by atoms with van der Waals surface area (Å²) < 4.78 is 0. The number of unbranched alkanes of at least 4 members (excludes halogenated alkanes) is 30. The van der Waals surface area contributed by atoms with Gasteiger partial charge in [-0.05, 0) is 12.8 Å². The average Bonchev–Trinajstić information content (AvgIpc) is 3.00. The lowest BCUT2D eigenvalue weighted by Gasteiger charge is -2.28. The fraction of sp³-hybridized carbons (Fsp3) is 0.950. The van der Waals surface area contributed by atoms with Crippen molar-refractivity contribution in [3.8, 4) is 0 Å². The van der Waals surface area contributed by atoms with Crippen molar-refractivity contribution in [2.24, 2.45) is 5.41 Å². The van der Waals surface area contributed by atoms with Crippen molar-refractivity contribution in [2.45, 2.75) is 239 Å². The van der Waals surface area contributed by atoms with Crippen LogP contribution in [0.5, 0.6) is 0 Å². The molecule has 8 N–H and O–H groups in total. The molecular weight excluding hydrogens is 572 g/mol. The molecular formula is C40H84N2O4. The van der Waals surface area contributed by atoms with E-state index in [2.05, 4.69) is 13.8 Å². The number of aliphatic carboxylic acids is 2. The summed E-state index contributed by atoms with van der Waals surface area (Å²) in [6.07, 6.45) is 42.1. The summed E-state index contributed by atoms with van der Waals surface area (Å²) in [6.45, 7) is 4.55. The van der Waals surface area contributed by atoms with E-state index in [1.54, 1.807) is 0 Å². The van der Waals surface area contributed by atoms with Gasteiger partial charge in [0.1, 0.15) is 0 Å². The van der Waals surface area contributed by atoms with Gasteiger partial charge in [-0.2, -0.15) is 0 Å². The molecule has 0 atom stereocenters. The third-order valence-electron chi connectivity index (χ3n) is 9.96. The Labute approximate surface area is 287 Å². The van der Waals surface area contributed by atoms with Crippen LogP contribution in [-0.2, 0) is 9.59 Å². The number of hydrogen-bond acceptors (Lipinski definition) is 4. The monoisotopic (exact) mass is 657 g/mol. The van der Waals surface area contributed by atoms with E-state index in [4.69, 9.17) is 0 Å². The first kappa shape index (κ1) is 49.2. The van der Waals surface area contributed by atoms with Crippen molar-refractivity contribution in [3.63, 3.8) is 0 Å². The van der Waals surface area contributed by atoms with Gasteiger partial charge in [-0.1, -0.05) is 219 Å². The Hall–Kier alpha value is -1.14. The van der Waals surface area contributed by atoms with E-state index < -0.39 is 17.4 Å². The molecule has 0 saturated carbocycles. The van der Waals surface area contributed by atoms with Gasteiger partial charge in [0.25, 0.3) is 0 Å². The minimum atomic E-state index is -1.09. The largest absolute Gasteiger partial charge is 0.481 e. The topological polar surface area (TPSA) is 145 Å². The number of carbonyl (C=O) groups is 2. The van der Waals surface area contributed by atoms with E-state index >= 15 is 0 Å². The van der Waals surface area contributed by atoms with Crippen molar-refractivity contribution in [1.29, 1.82) is 0 Å². The fourth-order valence-electron chi connectivity index (χ4n) is 6.90. The summed E-state index contributed by atoms with van der Waals surface area (Å²) in [6, 6.07) is 0. The van der Waals surface area contributed by atoms with Gasteiger partial charge in [0.2, 0.25) is 0 Å². The highest BCUT2D eigenvalue weighted by Gasteiger charge is 2.39. The zero-order valence-corrected chi connectivity index (χ0v) is 31.4. The zero-order valence-electron chi connectivity index (χ0n) is 31.4. The van der Waals surface area contributed by atoms with Crippen molar-refractivity contribution in [3.05, 3.63) is 0 Å². The molecule has 0 radical (unpaired) electrons. The SMILES string of the molecule is CCCCCCCCCCCCCCCCCCC(CCCCCCCCCCCCCCCCCC)(CC(=O)O)C(=O)O.N.N. The van der Waals surface area contributed by atoms with Crippen LogP contribution >= 0.6 is 0 Å². The number of carboxylic acids is 2. The average molecular weight is 657 g/mol. The standard InChI is InChI=1S/C40H78O4.2H3N/c1-3-5-7-9-11-13-15-17-19-21-23-25-27-29-31-33-35-40(39(43)44,37-38(41)42)36-34-32-30-28-26-24-22-20-18-16-14-12-10-8-6-4-2;;/h3-37H2,1-2H3,(H,41,42)(H,43,44);2*1H3. The van der Waals surface area contributed by atoms with Crippen LogP contribution in [0, 0.1) is 5.41 Å². The molecule has 0 unspecified atom stereocenters. The molecule has 0 aromatic carbocycles. The second-order valence-electron chi connectivity index (χ2n) is 14.3. The number of hydrogen-bond donors (Lipinski definition) is 4. The maximum absolute atomic E-state index is 12.3. The second-order valence-corrected chi connectivity index (χ2v) is 14.3. The minimum absolute atomic E-state index is 0. The molecule has 0 aromatic rings. The van der Waals surface area contributed by atoms with Gasteiger partial charge < -0.3 is 22.5 Å². The van der Waals surface area contributed by atoms with Gasteiger partial charge in [-0.15, -0.1) is 0 Å². The summed E-state index contributed by atoms with van der Waals surface area (Å²) in [5.74, 6) is -1.87. The zero-order chi connectivity index (χ0) is 32.4. The minimum Gasteiger partial charge on any atom is -0.481 e. The smallest absolute Gasteiger partial charge is 0.310 e. The molecule has 0 spiro atoms. The lowest BCUT2D eigenvalue weighted by atomic mass is 9.75. The Morgan fingerprint density at radius 1 is 0.370 bits per heavy atom. The number of rotatable bonds is 37. The Kier molecular flexibility index (Phi) is 41.0. The molecule has 6 heteroatoms. The molecule has 0 aliphatic rings. The molecule has 0 saturated heterocycles. The van der Waals surface area contributed by atoms with Crippen LogP contribution in [0.25, 0.3) is 0 Å². The Bertz CT molecular complexity index is 592. The molecule has 278 valence electrons. The van der Waals surface area contributed by atoms with Gasteiger partial charge in [0.05, 0.1) is 11.8 Å². The van der Waals surface area contributed by atoms with Crippen molar-refractivity contribution in [2.75, 3.05) is 0 Å². The third kappa shape index (κ3) is 32.8. The van der Waals surface area contributed by atoms with Crippen LogP contribution in [0.4, 0.5) is 0 Å². The summed E-state index contributed by atoms with van der Waals surface area (Å²) in [4.78, 5) is 23.9. The predicted octanol–water partition coefficient (Wildman–Crippen LogP) is 14.2.